The summed E-state index contributed by atoms with van der Waals surface area (Å²) in [5, 5.41) is 10.1. The quantitative estimate of drug-likeness (QED) is 0.501. The molecule has 8 nitrogen and oxygen atoms in total. The fraction of sp³-hybridized carbons (Fsp3) is 0.560. The predicted octanol–water partition coefficient (Wildman–Crippen LogP) is 4.93. The van der Waals surface area contributed by atoms with Crippen LogP contribution in [0.25, 0.3) is 21.9 Å². The van der Waals surface area contributed by atoms with E-state index in [1.165, 1.54) is 4.90 Å². The lowest BCUT2D eigenvalue weighted by Gasteiger charge is -2.29. The number of anilines is 1. The van der Waals surface area contributed by atoms with E-state index in [0.29, 0.717) is 37.4 Å². The molecule has 0 atom stereocenters. The number of amides is 1. The van der Waals surface area contributed by atoms with Crippen molar-refractivity contribution in [3.05, 3.63) is 24.0 Å². The minimum absolute atomic E-state index is 0.458. The fourth-order valence-corrected chi connectivity index (χ4v) is 4.76. The number of carbonyl (C=O) groups is 1. The SMILES string of the molecule is CCCc1nc2c(N)nc3cc(OCCC4CCN(C(=O)O)CC4)ccc3c2n1CC(C)C. The predicted molar refractivity (Wildman–Crippen MR) is 131 cm³/mol. The van der Waals surface area contributed by atoms with E-state index in [1.807, 2.05) is 12.1 Å². The number of nitrogen functional groups attached to an aromatic ring is 1. The second-order valence-electron chi connectivity index (χ2n) is 9.51. The molecule has 0 saturated carbocycles. The van der Waals surface area contributed by atoms with Gasteiger partial charge in [-0.3, -0.25) is 0 Å². The van der Waals surface area contributed by atoms with Crippen molar-refractivity contribution in [1.29, 1.82) is 0 Å². The molecule has 0 aliphatic carbocycles. The fourth-order valence-electron chi connectivity index (χ4n) is 4.76. The van der Waals surface area contributed by atoms with Crippen LogP contribution in [-0.4, -0.2) is 50.3 Å². The molecule has 1 aromatic carbocycles. The minimum Gasteiger partial charge on any atom is -0.494 e. The van der Waals surface area contributed by atoms with Crippen LogP contribution in [0.3, 0.4) is 0 Å². The number of piperidine rings is 1. The molecule has 1 amide bonds. The van der Waals surface area contributed by atoms with E-state index in [4.69, 9.17) is 20.6 Å². The number of hydrogen-bond acceptors (Lipinski definition) is 5. The van der Waals surface area contributed by atoms with Gasteiger partial charge in [0.2, 0.25) is 0 Å². The van der Waals surface area contributed by atoms with Crippen LogP contribution in [0.1, 0.15) is 52.3 Å². The van der Waals surface area contributed by atoms with E-state index in [0.717, 1.165) is 72.2 Å². The van der Waals surface area contributed by atoms with Gasteiger partial charge in [0, 0.05) is 37.5 Å². The van der Waals surface area contributed by atoms with E-state index in [1.54, 1.807) is 0 Å². The summed E-state index contributed by atoms with van der Waals surface area (Å²) >= 11 is 0. The molecule has 0 spiro atoms. The van der Waals surface area contributed by atoms with Crippen LogP contribution < -0.4 is 10.5 Å². The van der Waals surface area contributed by atoms with Gasteiger partial charge in [-0.05, 0) is 49.7 Å². The number of rotatable bonds is 8. The van der Waals surface area contributed by atoms with E-state index in [-0.39, 0.29) is 0 Å². The van der Waals surface area contributed by atoms with Gasteiger partial charge < -0.3 is 25.0 Å². The van der Waals surface area contributed by atoms with Gasteiger partial charge in [0.15, 0.2) is 5.82 Å². The first kappa shape index (κ1) is 23.1. The van der Waals surface area contributed by atoms with Crippen LogP contribution in [-0.2, 0) is 13.0 Å². The van der Waals surface area contributed by atoms with Crippen molar-refractivity contribution in [2.45, 2.75) is 59.4 Å². The third-order valence-electron chi connectivity index (χ3n) is 6.46. The molecule has 3 heterocycles. The van der Waals surface area contributed by atoms with Crippen LogP contribution in [0, 0.1) is 11.8 Å². The average molecular weight is 454 g/mol. The summed E-state index contributed by atoms with van der Waals surface area (Å²) in [6.07, 6.45) is 3.82. The van der Waals surface area contributed by atoms with Crippen molar-refractivity contribution in [1.82, 2.24) is 19.4 Å². The molecular formula is C25H35N5O3. The Labute approximate surface area is 194 Å². The zero-order valence-corrected chi connectivity index (χ0v) is 19.9. The minimum atomic E-state index is -0.821. The van der Waals surface area contributed by atoms with Gasteiger partial charge in [-0.2, -0.15) is 0 Å². The summed E-state index contributed by atoms with van der Waals surface area (Å²) in [6.45, 7) is 9.31. The van der Waals surface area contributed by atoms with Gasteiger partial charge in [0.05, 0.1) is 17.6 Å². The number of likely N-dealkylation sites (tertiary alicyclic amines) is 1. The topological polar surface area (TPSA) is 106 Å². The molecule has 1 aliphatic heterocycles. The zero-order chi connectivity index (χ0) is 23.5. The maximum absolute atomic E-state index is 11.1. The van der Waals surface area contributed by atoms with Crippen LogP contribution in [0.15, 0.2) is 18.2 Å². The normalized spacial score (nSPS) is 15.1. The number of nitrogens with zero attached hydrogens (tertiary/aromatic N) is 4. The molecule has 8 heteroatoms. The first-order valence-electron chi connectivity index (χ1n) is 12.1. The van der Waals surface area contributed by atoms with Crippen LogP contribution in [0.5, 0.6) is 5.75 Å². The van der Waals surface area contributed by atoms with Gasteiger partial charge in [-0.25, -0.2) is 14.8 Å². The summed E-state index contributed by atoms with van der Waals surface area (Å²) in [4.78, 5) is 22.0. The van der Waals surface area contributed by atoms with Gasteiger partial charge in [-0.15, -0.1) is 0 Å². The number of hydrogen-bond donors (Lipinski definition) is 2. The third kappa shape index (κ3) is 4.99. The highest BCUT2D eigenvalue weighted by molar-refractivity contribution is 6.06. The Morgan fingerprint density at radius 2 is 2.03 bits per heavy atom. The lowest BCUT2D eigenvalue weighted by molar-refractivity contribution is 0.119. The monoisotopic (exact) mass is 453 g/mol. The Morgan fingerprint density at radius 1 is 1.27 bits per heavy atom. The molecule has 0 radical (unpaired) electrons. The van der Waals surface area contributed by atoms with Gasteiger partial charge in [0.1, 0.15) is 17.1 Å². The molecule has 3 aromatic rings. The number of aryl methyl sites for hydroxylation is 1. The summed E-state index contributed by atoms with van der Waals surface area (Å²) < 4.78 is 8.36. The summed E-state index contributed by atoms with van der Waals surface area (Å²) in [5.41, 5.74) is 9.00. The number of pyridine rings is 1. The van der Waals surface area contributed by atoms with Crippen molar-refractivity contribution < 1.29 is 14.6 Å². The molecular weight excluding hydrogens is 418 g/mol. The largest absolute Gasteiger partial charge is 0.494 e. The molecule has 3 N–H and O–H groups in total. The Balaban J connectivity index is 1.53. The van der Waals surface area contributed by atoms with Crippen LogP contribution in [0.4, 0.5) is 10.6 Å². The number of ether oxygens (including phenoxy) is 1. The second-order valence-corrected chi connectivity index (χ2v) is 9.51. The number of nitrogens with two attached hydrogens (primary N) is 1. The summed E-state index contributed by atoms with van der Waals surface area (Å²) in [5.74, 6) is 3.29. The van der Waals surface area contributed by atoms with E-state index in [9.17, 15) is 4.79 Å². The molecule has 1 fully saturated rings. The van der Waals surface area contributed by atoms with E-state index < -0.39 is 6.09 Å². The number of imidazole rings is 1. The molecule has 4 rings (SSSR count). The maximum atomic E-state index is 11.1. The molecule has 0 unspecified atom stereocenters. The Kier molecular flexibility index (Phi) is 6.91. The number of aromatic nitrogens is 3. The molecule has 2 aromatic heterocycles. The van der Waals surface area contributed by atoms with Crippen molar-refractivity contribution in [3.8, 4) is 5.75 Å². The second kappa shape index (κ2) is 9.85. The lowest BCUT2D eigenvalue weighted by Crippen LogP contribution is -2.37. The molecule has 178 valence electrons. The van der Waals surface area contributed by atoms with Crippen LogP contribution in [0.2, 0.25) is 0 Å². The number of carboxylic acid groups (broad SMARTS) is 1. The van der Waals surface area contributed by atoms with Crippen molar-refractivity contribution in [2.24, 2.45) is 11.8 Å². The van der Waals surface area contributed by atoms with Crippen molar-refractivity contribution in [3.63, 3.8) is 0 Å². The van der Waals surface area contributed by atoms with Crippen LogP contribution >= 0.6 is 0 Å². The van der Waals surface area contributed by atoms with E-state index in [2.05, 4.69) is 36.4 Å². The highest BCUT2D eigenvalue weighted by Crippen LogP contribution is 2.32. The number of fused-ring (bicyclic) bond motifs is 3. The molecule has 33 heavy (non-hydrogen) atoms. The first-order chi connectivity index (χ1) is 15.9. The third-order valence-corrected chi connectivity index (χ3v) is 6.46. The Hall–Kier alpha value is -3.03. The zero-order valence-electron chi connectivity index (χ0n) is 19.9. The van der Waals surface area contributed by atoms with Gasteiger partial charge >= 0.3 is 6.09 Å². The number of benzene rings is 1. The summed E-state index contributed by atoms with van der Waals surface area (Å²) in [7, 11) is 0. The molecule has 0 bridgehead atoms. The highest BCUT2D eigenvalue weighted by Gasteiger charge is 2.22. The van der Waals surface area contributed by atoms with Gasteiger partial charge in [0.25, 0.3) is 0 Å². The standard InChI is InChI=1S/C25H35N5O3/c1-4-5-21-28-22-23(30(21)15-16(2)3)19-7-6-18(14-20(19)27-24(22)26)33-13-10-17-8-11-29(12-9-17)25(31)32/h6-7,14,16-17H,4-5,8-13,15H2,1-3H3,(H2,26,27)(H,31,32). The smallest absolute Gasteiger partial charge is 0.407 e. The van der Waals surface area contributed by atoms with E-state index >= 15 is 0 Å². The highest BCUT2D eigenvalue weighted by atomic mass is 16.5. The first-order valence-corrected chi connectivity index (χ1v) is 12.1. The van der Waals surface area contributed by atoms with Crippen molar-refractivity contribution >= 4 is 33.8 Å². The molecule has 1 aliphatic rings. The van der Waals surface area contributed by atoms with Gasteiger partial charge in [-0.1, -0.05) is 20.8 Å². The lowest BCUT2D eigenvalue weighted by atomic mass is 9.94. The Bertz CT molecular complexity index is 1130. The summed E-state index contributed by atoms with van der Waals surface area (Å²) in [6, 6.07) is 6.03. The average Bonchev–Trinajstić information content (AvgIpc) is 3.12. The molecule has 1 saturated heterocycles. The maximum Gasteiger partial charge on any atom is 0.407 e. The van der Waals surface area contributed by atoms with Crippen molar-refractivity contribution in [2.75, 3.05) is 25.4 Å². The Morgan fingerprint density at radius 3 is 2.70 bits per heavy atom.